The van der Waals surface area contributed by atoms with Gasteiger partial charge in [0.2, 0.25) is 5.91 Å². The van der Waals surface area contributed by atoms with Crippen molar-refractivity contribution in [1.29, 1.82) is 0 Å². The molecule has 0 saturated carbocycles. The molecule has 2 amide bonds. The standard InChI is InChI=1S/C8H9Cl.C7H11N3O2/c1-2-7-3-5-8(9)6-4-7;1-3-10-5(7(9)12)4(2)6(8)11/h3-6H,2H2,1H3;3H,1-2H3,(H2,8,11)(H2,9,12)/b;5-4+,10-3?. The lowest BCUT2D eigenvalue weighted by molar-refractivity contribution is -0.117. The van der Waals surface area contributed by atoms with Gasteiger partial charge in [0.25, 0.3) is 5.91 Å². The summed E-state index contributed by atoms with van der Waals surface area (Å²) in [6.07, 6.45) is 2.45. The highest BCUT2D eigenvalue weighted by Gasteiger charge is 2.10. The number of hydrogen-bond acceptors (Lipinski definition) is 3. The zero-order valence-electron chi connectivity index (χ0n) is 12.4. The maximum absolute atomic E-state index is 10.7. The van der Waals surface area contributed by atoms with Crippen LogP contribution >= 0.6 is 11.6 Å². The zero-order valence-corrected chi connectivity index (χ0v) is 13.1. The fourth-order valence-electron chi connectivity index (χ4n) is 1.31. The number of nitrogens with two attached hydrogens (primary N) is 2. The Morgan fingerprint density at radius 3 is 2.05 bits per heavy atom. The lowest BCUT2D eigenvalue weighted by Gasteiger charge is -1.98. The molecule has 4 N–H and O–H groups in total. The second kappa shape index (κ2) is 9.72. The third-order valence-corrected chi connectivity index (χ3v) is 2.79. The van der Waals surface area contributed by atoms with Crippen LogP contribution in [0.1, 0.15) is 26.3 Å². The Bertz CT molecular complexity index is 549. The summed E-state index contributed by atoms with van der Waals surface area (Å²) in [5.41, 5.74) is 11.2. The molecule has 0 aromatic heterocycles. The molecule has 0 aliphatic heterocycles. The number of aliphatic imine (C=N–C) groups is 1. The molecule has 0 aliphatic rings. The van der Waals surface area contributed by atoms with Gasteiger partial charge in [-0.05, 0) is 38.0 Å². The molecule has 0 saturated heterocycles. The van der Waals surface area contributed by atoms with Gasteiger partial charge in [0.15, 0.2) is 0 Å². The van der Waals surface area contributed by atoms with Crippen LogP contribution < -0.4 is 11.5 Å². The van der Waals surface area contributed by atoms with Gasteiger partial charge in [-0.2, -0.15) is 0 Å². The molecule has 6 heteroatoms. The summed E-state index contributed by atoms with van der Waals surface area (Å²) in [5.74, 6) is -1.46. The highest BCUT2D eigenvalue weighted by molar-refractivity contribution is 6.30. The average molecular weight is 310 g/mol. The Kier molecular flexibility index (Phi) is 8.73. The van der Waals surface area contributed by atoms with E-state index in [0.717, 1.165) is 11.4 Å². The third kappa shape index (κ3) is 7.27. The highest BCUT2D eigenvalue weighted by Crippen LogP contribution is 2.09. The molecule has 21 heavy (non-hydrogen) atoms. The number of hydrogen-bond donors (Lipinski definition) is 2. The largest absolute Gasteiger partial charge is 0.366 e. The Hall–Kier alpha value is -2.14. The van der Waals surface area contributed by atoms with Gasteiger partial charge in [0, 0.05) is 16.8 Å². The van der Waals surface area contributed by atoms with Crippen molar-refractivity contribution in [3.05, 3.63) is 46.1 Å². The summed E-state index contributed by atoms with van der Waals surface area (Å²) in [5, 5.41) is 0.812. The molecule has 0 unspecified atom stereocenters. The predicted octanol–water partition coefficient (Wildman–Crippen LogP) is 2.22. The molecule has 1 aromatic rings. The monoisotopic (exact) mass is 309 g/mol. The Balaban J connectivity index is 0.000000394. The van der Waals surface area contributed by atoms with Crippen LogP contribution in [0.5, 0.6) is 0 Å². The van der Waals surface area contributed by atoms with Crippen molar-refractivity contribution < 1.29 is 9.59 Å². The normalized spacial score (nSPS) is 11.4. The molecule has 0 fully saturated rings. The van der Waals surface area contributed by atoms with E-state index >= 15 is 0 Å². The Morgan fingerprint density at radius 1 is 1.19 bits per heavy atom. The van der Waals surface area contributed by atoms with Crippen molar-refractivity contribution in [2.24, 2.45) is 16.5 Å². The van der Waals surface area contributed by atoms with Crippen molar-refractivity contribution in [3.8, 4) is 0 Å². The lowest BCUT2D eigenvalue weighted by Crippen LogP contribution is -2.20. The van der Waals surface area contributed by atoms with Crippen molar-refractivity contribution in [2.75, 3.05) is 0 Å². The molecule has 0 radical (unpaired) electrons. The molecule has 1 aromatic carbocycles. The topological polar surface area (TPSA) is 98.5 Å². The van der Waals surface area contributed by atoms with E-state index in [0.29, 0.717) is 0 Å². The minimum atomic E-state index is -0.760. The second-order valence-corrected chi connectivity index (χ2v) is 4.51. The van der Waals surface area contributed by atoms with Crippen LogP contribution in [0.4, 0.5) is 0 Å². The number of benzene rings is 1. The fraction of sp³-hybridized carbons (Fsp3) is 0.267. The van der Waals surface area contributed by atoms with E-state index in [2.05, 4.69) is 11.9 Å². The number of primary amides is 2. The van der Waals surface area contributed by atoms with E-state index in [1.165, 1.54) is 18.7 Å². The average Bonchev–Trinajstić information content (AvgIpc) is 2.45. The van der Waals surface area contributed by atoms with Gasteiger partial charge in [-0.3, -0.25) is 14.6 Å². The Labute approximate surface area is 129 Å². The van der Waals surface area contributed by atoms with Gasteiger partial charge < -0.3 is 11.5 Å². The number of carbonyl (C=O) groups is 2. The zero-order chi connectivity index (χ0) is 16.4. The van der Waals surface area contributed by atoms with Crippen LogP contribution in [0.3, 0.4) is 0 Å². The van der Waals surface area contributed by atoms with Gasteiger partial charge >= 0.3 is 0 Å². The summed E-state index contributed by atoms with van der Waals surface area (Å²) in [4.78, 5) is 24.9. The summed E-state index contributed by atoms with van der Waals surface area (Å²) in [7, 11) is 0. The molecule has 0 aliphatic carbocycles. The molecule has 5 nitrogen and oxygen atoms in total. The van der Waals surface area contributed by atoms with E-state index < -0.39 is 11.8 Å². The Morgan fingerprint density at radius 2 is 1.71 bits per heavy atom. The predicted molar refractivity (Wildman–Crippen MR) is 86.1 cm³/mol. The molecule has 1 rings (SSSR count). The number of rotatable bonds is 4. The van der Waals surface area contributed by atoms with Crippen molar-refractivity contribution in [1.82, 2.24) is 0 Å². The van der Waals surface area contributed by atoms with Crippen LogP contribution in [0, 0.1) is 0 Å². The minimum absolute atomic E-state index is 0.0700. The summed E-state index contributed by atoms with van der Waals surface area (Å²) < 4.78 is 0. The maximum Gasteiger partial charge on any atom is 0.267 e. The fourth-order valence-corrected chi connectivity index (χ4v) is 1.44. The van der Waals surface area contributed by atoms with Crippen LogP contribution in [0.15, 0.2) is 40.5 Å². The van der Waals surface area contributed by atoms with Gasteiger partial charge in [0.05, 0.1) is 0 Å². The SMILES string of the molecule is CC=N/C(C(N)=O)=C(\C)C(N)=O.CCc1ccc(Cl)cc1. The van der Waals surface area contributed by atoms with E-state index in [9.17, 15) is 9.59 Å². The number of aryl methyl sites for hydroxylation is 1. The van der Waals surface area contributed by atoms with Crippen LogP contribution in [0.25, 0.3) is 0 Å². The molecule has 0 atom stereocenters. The van der Waals surface area contributed by atoms with Gasteiger partial charge in [0.1, 0.15) is 5.70 Å². The first-order valence-electron chi connectivity index (χ1n) is 6.37. The second-order valence-electron chi connectivity index (χ2n) is 4.07. The molecule has 0 bridgehead atoms. The number of nitrogens with zero attached hydrogens (tertiary/aromatic N) is 1. The van der Waals surface area contributed by atoms with E-state index in [-0.39, 0.29) is 11.3 Å². The minimum Gasteiger partial charge on any atom is -0.366 e. The van der Waals surface area contributed by atoms with Gasteiger partial charge in [-0.25, -0.2) is 0 Å². The lowest BCUT2D eigenvalue weighted by atomic mass is 10.2. The summed E-state index contributed by atoms with van der Waals surface area (Å²) in [6.45, 7) is 5.13. The molecule has 0 heterocycles. The smallest absolute Gasteiger partial charge is 0.267 e. The summed E-state index contributed by atoms with van der Waals surface area (Å²) >= 11 is 5.67. The summed E-state index contributed by atoms with van der Waals surface area (Å²) in [6, 6.07) is 7.92. The molecule has 0 spiro atoms. The highest BCUT2D eigenvalue weighted by atomic mass is 35.5. The molecular formula is C15H20ClN3O2. The van der Waals surface area contributed by atoms with Crippen LogP contribution in [0.2, 0.25) is 5.02 Å². The van der Waals surface area contributed by atoms with Crippen molar-refractivity contribution >= 4 is 29.6 Å². The number of amides is 2. The maximum atomic E-state index is 10.7. The number of halogens is 1. The van der Waals surface area contributed by atoms with E-state index in [1.807, 2.05) is 24.3 Å². The van der Waals surface area contributed by atoms with E-state index in [1.54, 1.807) is 6.92 Å². The molecule has 114 valence electrons. The van der Waals surface area contributed by atoms with Crippen molar-refractivity contribution in [2.45, 2.75) is 27.2 Å². The first-order chi connectivity index (χ1) is 9.83. The van der Waals surface area contributed by atoms with E-state index in [4.69, 9.17) is 23.1 Å². The van der Waals surface area contributed by atoms with Crippen LogP contribution in [-0.2, 0) is 16.0 Å². The third-order valence-electron chi connectivity index (χ3n) is 2.54. The van der Waals surface area contributed by atoms with Crippen molar-refractivity contribution in [3.63, 3.8) is 0 Å². The van der Waals surface area contributed by atoms with Gasteiger partial charge in [-0.1, -0.05) is 30.7 Å². The van der Waals surface area contributed by atoms with Crippen LogP contribution in [-0.4, -0.2) is 18.0 Å². The van der Waals surface area contributed by atoms with Gasteiger partial charge in [-0.15, -0.1) is 0 Å². The first kappa shape index (κ1) is 18.9. The first-order valence-corrected chi connectivity index (χ1v) is 6.74. The molecular weight excluding hydrogens is 290 g/mol. The number of carbonyl (C=O) groups excluding carboxylic acids is 2. The quantitative estimate of drug-likeness (QED) is 0.658.